The molecule has 0 fully saturated rings. The quantitative estimate of drug-likeness (QED) is 0.620. The average Bonchev–Trinajstić information content (AvgIpc) is 2.29. The van der Waals surface area contributed by atoms with Crippen LogP contribution in [0.4, 0.5) is 0 Å². The first-order valence-electron chi connectivity index (χ1n) is 5.46. The van der Waals surface area contributed by atoms with Crippen molar-refractivity contribution in [2.45, 2.75) is 12.8 Å². The van der Waals surface area contributed by atoms with Gasteiger partial charge in [0.25, 0.3) is 0 Å². The zero-order chi connectivity index (χ0) is 13.6. The second kappa shape index (κ2) is 7.32. The molecular weight excluding hydrogens is 294 g/mol. The van der Waals surface area contributed by atoms with Crippen LogP contribution in [0, 0.1) is 0 Å². The molecule has 3 nitrogen and oxygen atoms in total. The second-order valence-electron chi connectivity index (χ2n) is 3.74. The van der Waals surface area contributed by atoms with Crippen molar-refractivity contribution < 1.29 is 14.4 Å². The summed E-state index contributed by atoms with van der Waals surface area (Å²) in [4.78, 5) is 19.0. The third kappa shape index (κ3) is 4.42. The standard InChI is InChI=1S/C12H15Cl2O3P/c13-8-6-11(7-9-14)12(18(15,16)17)10-4-2-1-3-5-10/h1-5H,6-9H2,(H2,15,16,17). The third-order valence-corrected chi connectivity index (χ3v) is 4.00. The minimum Gasteiger partial charge on any atom is -0.321 e. The van der Waals surface area contributed by atoms with Gasteiger partial charge in [-0.3, -0.25) is 4.57 Å². The van der Waals surface area contributed by atoms with Gasteiger partial charge in [-0.2, -0.15) is 0 Å². The van der Waals surface area contributed by atoms with Crippen LogP contribution >= 0.6 is 30.8 Å². The van der Waals surface area contributed by atoms with Crippen molar-refractivity contribution in [3.05, 3.63) is 41.5 Å². The third-order valence-electron chi connectivity index (χ3n) is 2.47. The predicted molar refractivity (Wildman–Crippen MR) is 76.1 cm³/mol. The molecule has 1 rings (SSSR count). The number of halogens is 2. The molecule has 0 atom stereocenters. The van der Waals surface area contributed by atoms with Gasteiger partial charge in [0, 0.05) is 11.8 Å². The molecule has 0 bridgehead atoms. The molecule has 0 aromatic heterocycles. The molecule has 0 amide bonds. The molecule has 0 unspecified atom stereocenters. The van der Waals surface area contributed by atoms with Crippen LogP contribution < -0.4 is 0 Å². The topological polar surface area (TPSA) is 57.5 Å². The van der Waals surface area contributed by atoms with Gasteiger partial charge < -0.3 is 9.79 Å². The second-order valence-corrected chi connectivity index (χ2v) is 6.03. The van der Waals surface area contributed by atoms with Gasteiger partial charge in [0.1, 0.15) is 0 Å². The molecule has 0 saturated carbocycles. The van der Waals surface area contributed by atoms with E-state index in [1.165, 1.54) is 0 Å². The van der Waals surface area contributed by atoms with E-state index in [4.69, 9.17) is 23.2 Å². The van der Waals surface area contributed by atoms with Crippen molar-refractivity contribution in [2.75, 3.05) is 11.8 Å². The van der Waals surface area contributed by atoms with E-state index in [-0.39, 0.29) is 5.31 Å². The fourth-order valence-corrected chi connectivity index (χ4v) is 3.34. The number of alkyl halides is 2. The van der Waals surface area contributed by atoms with Gasteiger partial charge in [0.15, 0.2) is 0 Å². The molecule has 0 heterocycles. The maximum Gasteiger partial charge on any atom is 0.356 e. The lowest BCUT2D eigenvalue weighted by Crippen LogP contribution is -1.96. The summed E-state index contributed by atoms with van der Waals surface area (Å²) in [6.45, 7) is 0. The van der Waals surface area contributed by atoms with E-state index < -0.39 is 7.60 Å². The van der Waals surface area contributed by atoms with Gasteiger partial charge in [-0.1, -0.05) is 35.9 Å². The molecule has 0 spiro atoms. The van der Waals surface area contributed by atoms with Gasteiger partial charge in [-0.15, -0.1) is 23.2 Å². The van der Waals surface area contributed by atoms with Gasteiger partial charge in [-0.25, -0.2) is 0 Å². The van der Waals surface area contributed by atoms with Crippen molar-refractivity contribution >= 4 is 36.1 Å². The Kier molecular flexibility index (Phi) is 6.40. The maximum atomic E-state index is 11.7. The first-order chi connectivity index (χ1) is 8.50. The van der Waals surface area contributed by atoms with Crippen molar-refractivity contribution in [3.8, 4) is 0 Å². The molecule has 0 saturated heterocycles. The Morgan fingerprint density at radius 1 is 1.06 bits per heavy atom. The summed E-state index contributed by atoms with van der Waals surface area (Å²) < 4.78 is 11.7. The molecule has 1 aromatic rings. The summed E-state index contributed by atoms with van der Waals surface area (Å²) in [6.07, 6.45) is 0.841. The zero-order valence-corrected chi connectivity index (χ0v) is 12.1. The highest BCUT2D eigenvalue weighted by Gasteiger charge is 2.26. The predicted octanol–water partition coefficient (Wildman–Crippen LogP) is 3.83. The van der Waals surface area contributed by atoms with Crippen LogP contribution in [-0.4, -0.2) is 21.5 Å². The van der Waals surface area contributed by atoms with Crippen LogP contribution in [-0.2, 0) is 4.57 Å². The van der Waals surface area contributed by atoms with Crippen molar-refractivity contribution in [1.29, 1.82) is 0 Å². The van der Waals surface area contributed by atoms with Crippen LogP contribution in [0.2, 0.25) is 0 Å². The molecule has 18 heavy (non-hydrogen) atoms. The van der Waals surface area contributed by atoms with Crippen molar-refractivity contribution in [2.24, 2.45) is 0 Å². The summed E-state index contributed by atoms with van der Waals surface area (Å²) in [5.41, 5.74) is 1.15. The molecule has 0 aliphatic rings. The molecule has 2 N–H and O–H groups in total. The van der Waals surface area contributed by atoms with E-state index in [2.05, 4.69) is 0 Å². The largest absolute Gasteiger partial charge is 0.356 e. The first-order valence-corrected chi connectivity index (χ1v) is 8.14. The smallest absolute Gasteiger partial charge is 0.321 e. The lowest BCUT2D eigenvalue weighted by molar-refractivity contribution is 0.388. The minimum absolute atomic E-state index is 0.0596. The zero-order valence-electron chi connectivity index (χ0n) is 9.72. The van der Waals surface area contributed by atoms with Crippen molar-refractivity contribution in [1.82, 2.24) is 0 Å². The SMILES string of the molecule is O=P(O)(O)C(=C(CCCl)CCCl)c1ccccc1. The molecule has 100 valence electrons. The van der Waals surface area contributed by atoms with E-state index in [0.717, 1.165) is 0 Å². The average molecular weight is 309 g/mol. The van der Waals surface area contributed by atoms with Crippen LogP contribution in [0.15, 0.2) is 35.9 Å². The van der Waals surface area contributed by atoms with Gasteiger partial charge in [-0.05, 0) is 18.4 Å². The minimum atomic E-state index is -4.35. The molecule has 0 radical (unpaired) electrons. The monoisotopic (exact) mass is 308 g/mol. The summed E-state index contributed by atoms with van der Waals surface area (Å²) in [6, 6.07) is 8.63. The summed E-state index contributed by atoms with van der Waals surface area (Å²) >= 11 is 11.4. The first kappa shape index (κ1) is 15.7. The Hall–Kier alpha value is -0.310. The fourth-order valence-electron chi connectivity index (χ4n) is 1.76. The van der Waals surface area contributed by atoms with Gasteiger partial charge in [0.05, 0.1) is 5.31 Å². The number of hydrogen-bond donors (Lipinski definition) is 2. The Bertz CT molecular complexity index is 446. The molecule has 6 heteroatoms. The molecule has 1 aromatic carbocycles. The highest BCUT2D eigenvalue weighted by Crippen LogP contribution is 2.53. The summed E-state index contributed by atoms with van der Waals surface area (Å²) in [7, 11) is -4.35. The number of hydrogen-bond acceptors (Lipinski definition) is 1. The van der Waals surface area contributed by atoms with E-state index in [1.54, 1.807) is 30.3 Å². The van der Waals surface area contributed by atoms with E-state index in [1.807, 2.05) is 0 Å². The lowest BCUT2D eigenvalue weighted by Gasteiger charge is -2.15. The highest BCUT2D eigenvalue weighted by atomic mass is 35.5. The molecular formula is C12H15Cl2O3P. The Labute approximate surface area is 117 Å². The fraction of sp³-hybridized carbons (Fsp3) is 0.333. The Balaban J connectivity index is 3.35. The molecule has 0 aliphatic heterocycles. The number of rotatable bonds is 6. The van der Waals surface area contributed by atoms with E-state index >= 15 is 0 Å². The van der Waals surface area contributed by atoms with Gasteiger partial charge >= 0.3 is 7.60 Å². The Morgan fingerprint density at radius 2 is 1.56 bits per heavy atom. The van der Waals surface area contributed by atoms with Crippen LogP contribution in [0.3, 0.4) is 0 Å². The lowest BCUT2D eigenvalue weighted by atomic mass is 10.1. The van der Waals surface area contributed by atoms with E-state index in [9.17, 15) is 14.4 Å². The highest BCUT2D eigenvalue weighted by molar-refractivity contribution is 7.63. The number of allylic oxidation sites excluding steroid dienone is 1. The van der Waals surface area contributed by atoms with E-state index in [0.29, 0.717) is 35.7 Å². The summed E-state index contributed by atoms with van der Waals surface area (Å²) in [5, 5.41) is 0.0596. The Morgan fingerprint density at radius 3 is 1.94 bits per heavy atom. The number of benzene rings is 1. The summed E-state index contributed by atoms with van der Waals surface area (Å²) in [5.74, 6) is 0.616. The maximum absolute atomic E-state index is 11.7. The van der Waals surface area contributed by atoms with Crippen LogP contribution in [0.5, 0.6) is 0 Å². The molecule has 0 aliphatic carbocycles. The van der Waals surface area contributed by atoms with Crippen LogP contribution in [0.1, 0.15) is 18.4 Å². The van der Waals surface area contributed by atoms with Gasteiger partial charge in [0.2, 0.25) is 0 Å². The van der Waals surface area contributed by atoms with Crippen LogP contribution in [0.25, 0.3) is 5.31 Å². The normalized spacial score (nSPS) is 11.3. The van der Waals surface area contributed by atoms with Crippen molar-refractivity contribution in [3.63, 3.8) is 0 Å².